The van der Waals surface area contributed by atoms with E-state index in [9.17, 15) is 4.79 Å². The van der Waals surface area contributed by atoms with E-state index >= 15 is 0 Å². The van der Waals surface area contributed by atoms with E-state index in [1.165, 1.54) is 17.7 Å². The molecular formula is C23H33Cl2N3O3. The molecule has 4 rings (SSSR count). The largest absolute Gasteiger partial charge is 0.493 e. The summed E-state index contributed by atoms with van der Waals surface area (Å²) in [7, 11) is 5.37. The topological polar surface area (TPSA) is 55.7 Å². The van der Waals surface area contributed by atoms with Crippen molar-refractivity contribution in [3.8, 4) is 11.5 Å². The molecule has 1 N–H and O–H groups in total. The number of piperidine rings is 1. The number of ether oxygens (including phenoxy) is 2. The summed E-state index contributed by atoms with van der Waals surface area (Å²) >= 11 is 0. The minimum absolute atomic E-state index is 0. The van der Waals surface area contributed by atoms with Crippen molar-refractivity contribution in [3.63, 3.8) is 0 Å². The van der Waals surface area contributed by atoms with Crippen LogP contribution >= 0.6 is 24.8 Å². The Bertz CT molecular complexity index is 935. The third-order valence-electron chi connectivity index (χ3n) is 6.26. The van der Waals surface area contributed by atoms with E-state index in [-0.39, 0.29) is 30.4 Å². The second-order valence-electron chi connectivity index (χ2n) is 8.33. The summed E-state index contributed by atoms with van der Waals surface area (Å²) < 4.78 is 12.7. The first-order chi connectivity index (χ1) is 14.1. The van der Waals surface area contributed by atoms with E-state index < -0.39 is 0 Å². The van der Waals surface area contributed by atoms with Crippen molar-refractivity contribution in [1.82, 2.24) is 14.8 Å². The molecule has 1 aromatic heterocycles. The summed E-state index contributed by atoms with van der Waals surface area (Å²) in [4.78, 5) is 15.3. The van der Waals surface area contributed by atoms with Gasteiger partial charge in [0.2, 0.25) is 0 Å². The van der Waals surface area contributed by atoms with Gasteiger partial charge in [0.15, 0.2) is 11.5 Å². The second-order valence-corrected chi connectivity index (χ2v) is 8.33. The molecule has 0 radical (unpaired) electrons. The van der Waals surface area contributed by atoms with Crippen molar-refractivity contribution >= 4 is 24.8 Å². The monoisotopic (exact) mass is 469 g/mol. The zero-order chi connectivity index (χ0) is 20.4. The summed E-state index contributed by atoms with van der Waals surface area (Å²) in [6.07, 6.45) is 2.09. The van der Waals surface area contributed by atoms with Gasteiger partial charge < -0.3 is 24.3 Å². The molecule has 2 aliphatic rings. The van der Waals surface area contributed by atoms with Crippen molar-refractivity contribution in [3.05, 3.63) is 57.5 Å². The molecule has 2 atom stereocenters. The van der Waals surface area contributed by atoms with E-state index in [0.29, 0.717) is 18.4 Å². The Kier molecular flexibility index (Phi) is 9.25. The van der Waals surface area contributed by atoms with Crippen molar-refractivity contribution < 1.29 is 9.47 Å². The van der Waals surface area contributed by atoms with Crippen LogP contribution in [0.5, 0.6) is 11.5 Å². The maximum atomic E-state index is 13.1. The fraction of sp³-hybridized carbons (Fsp3) is 0.522. The molecule has 0 spiro atoms. The Labute approximate surface area is 196 Å². The second kappa shape index (κ2) is 11.2. The third kappa shape index (κ3) is 5.55. The standard InChI is InChI=1S/C23H31N3O3.2ClH/c1-25(9-8-16-4-7-21(28-2)22(11-16)29-3)15-18-5-6-20-19-10-17(12-24-13-19)14-26(20)23(18)27;;/h4-7,11,17,19,24H,8-10,12-15H2,1-3H3;2*1H/t17-,19+;;/m0../s1. The van der Waals surface area contributed by atoms with Crippen LogP contribution in [-0.2, 0) is 19.5 Å². The van der Waals surface area contributed by atoms with Gasteiger partial charge in [-0.1, -0.05) is 12.1 Å². The fourth-order valence-electron chi connectivity index (χ4n) is 4.68. The molecule has 6 nitrogen and oxygen atoms in total. The molecule has 2 bridgehead atoms. The minimum atomic E-state index is 0. The Morgan fingerprint density at radius 3 is 2.61 bits per heavy atom. The molecule has 0 amide bonds. The van der Waals surface area contributed by atoms with Crippen molar-refractivity contribution in [1.29, 1.82) is 0 Å². The number of halogens is 2. The SMILES string of the molecule is COc1ccc(CCN(C)Cc2ccc3n(c2=O)C[C@@H]2CNC[C@H]3C2)cc1OC.Cl.Cl. The average molecular weight is 470 g/mol. The van der Waals surface area contributed by atoms with Crippen LogP contribution in [0.1, 0.15) is 29.2 Å². The lowest BCUT2D eigenvalue weighted by atomic mass is 9.84. The first kappa shape index (κ1) is 25.5. The Morgan fingerprint density at radius 1 is 1.10 bits per heavy atom. The summed E-state index contributed by atoms with van der Waals surface area (Å²) in [5, 5.41) is 3.50. The Morgan fingerprint density at radius 2 is 1.87 bits per heavy atom. The van der Waals surface area contributed by atoms with Crippen molar-refractivity contribution in [2.75, 3.05) is 40.9 Å². The zero-order valence-electron chi connectivity index (χ0n) is 18.4. The quantitative estimate of drug-likeness (QED) is 0.674. The number of nitrogens with zero attached hydrogens (tertiary/aromatic N) is 2. The lowest BCUT2D eigenvalue weighted by molar-refractivity contribution is 0.255. The number of fused-ring (bicyclic) bond motifs is 4. The lowest BCUT2D eigenvalue weighted by Crippen LogP contribution is -2.45. The van der Waals surface area contributed by atoms with Crippen LogP contribution in [0.4, 0.5) is 0 Å². The summed E-state index contributed by atoms with van der Waals surface area (Å²) in [5.74, 6) is 2.55. The maximum absolute atomic E-state index is 13.1. The molecule has 8 heteroatoms. The molecule has 0 aliphatic carbocycles. The number of nitrogens with one attached hydrogen (secondary N) is 1. The van der Waals surface area contributed by atoms with E-state index in [1.54, 1.807) is 14.2 Å². The zero-order valence-corrected chi connectivity index (χ0v) is 20.1. The number of hydrogen-bond donors (Lipinski definition) is 1. The van der Waals surface area contributed by atoms with Gasteiger partial charge in [-0.25, -0.2) is 0 Å². The molecular weight excluding hydrogens is 437 g/mol. The predicted molar refractivity (Wildman–Crippen MR) is 128 cm³/mol. The van der Waals surface area contributed by atoms with Gasteiger partial charge in [-0.3, -0.25) is 4.79 Å². The van der Waals surface area contributed by atoms with Gasteiger partial charge in [0.25, 0.3) is 5.56 Å². The van der Waals surface area contributed by atoms with Crippen LogP contribution in [-0.4, -0.2) is 50.4 Å². The van der Waals surface area contributed by atoms with E-state index in [1.807, 2.05) is 22.8 Å². The first-order valence-electron chi connectivity index (χ1n) is 10.4. The van der Waals surface area contributed by atoms with Gasteiger partial charge in [0, 0.05) is 43.4 Å². The molecule has 172 valence electrons. The van der Waals surface area contributed by atoms with Crippen LogP contribution in [0.15, 0.2) is 35.1 Å². The van der Waals surface area contributed by atoms with Crippen molar-refractivity contribution in [2.24, 2.45) is 5.92 Å². The normalized spacial score (nSPS) is 19.1. The third-order valence-corrected chi connectivity index (χ3v) is 6.26. The molecule has 0 saturated carbocycles. The Balaban J connectivity index is 0.00000171. The van der Waals surface area contributed by atoms with Gasteiger partial charge in [-0.05, 0) is 56.1 Å². The highest BCUT2D eigenvalue weighted by Gasteiger charge is 2.31. The maximum Gasteiger partial charge on any atom is 0.255 e. The predicted octanol–water partition coefficient (Wildman–Crippen LogP) is 3.09. The number of rotatable bonds is 7. The number of hydrogen-bond acceptors (Lipinski definition) is 5. The van der Waals surface area contributed by atoms with Crippen molar-refractivity contribution in [2.45, 2.75) is 31.8 Å². The van der Waals surface area contributed by atoms with Gasteiger partial charge in [0.1, 0.15) is 0 Å². The molecule has 3 heterocycles. The van der Waals surface area contributed by atoms with E-state index in [4.69, 9.17) is 9.47 Å². The van der Waals surface area contributed by atoms with Gasteiger partial charge >= 0.3 is 0 Å². The van der Waals surface area contributed by atoms with E-state index in [2.05, 4.69) is 29.4 Å². The van der Waals surface area contributed by atoms with Crippen LogP contribution < -0.4 is 20.3 Å². The number of aromatic nitrogens is 1. The number of benzene rings is 1. The summed E-state index contributed by atoms with van der Waals surface area (Å²) in [5.41, 5.74) is 3.47. The molecule has 31 heavy (non-hydrogen) atoms. The lowest BCUT2D eigenvalue weighted by Gasteiger charge is -2.37. The smallest absolute Gasteiger partial charge is 0.255 e. The minimum Gasteiger partial charge on any atom is -0.493 e. The van der Waals surface area contributed by atoms with E-state index in [0.717, 1.165) is 49.7 Å². The molecule has 1 saturated heterocycles. The summed E-state index contributed by atoms with van der Waals surface area (Å²) in [6, 6.07) is 10.2. The number of likely N-dealkylation sites (N-methyl/N-ethyl adjacent to an activating group) is 1. The number of pyridine rings is 1. The van der Waals surface area contributed by atoms with Crippen LogP contribution in [0.2, 0.25) is 0 Å². The number of methoxy groups -OCH3 is 2. The van der Waals surface area contributed by atoms with Gasteiger partial charge in [-0.2, -0.15) is 0 Å². The van der Waals surface area contributed by atoms with Gasteiger partial charge in [-0.15, -0.1) is 24.8 Å². The molecule has 1 fully saturated rings. The van der Waals surface area contributed by atoms with Gasteiger partial charge in [0.05, 0.1) is 14.2 Å². The highest BCUT2D eigenvalue weighted by atomic mass is 35.5. The highest BCUT2D eigenvalue weighted by Crippen LogP contribution is 2.32. The molecule has 2 aliphatic heterocycles. The van der Waals surface area contributed by atoms with Crippen LogP contribution in [0.3, 0.4) is 0 Å². The molecule has 2 aromatic rings. The molecule has 0 unspecified atom stereocenters. The average Bonchev–Trinajstić information content (AvgIpc) is 2.74. The fourth-order valence-corrected chi connectivity index (χ4v) is 4.68. The first-order valence-corrected chi connectivity index (χ1v) is 10.4. The van der Waals surface area contributed by atoms with Crippen LogP contribution in [0, 0.1) is 5.92 Å². The highest BCUT2D eigenvalue weighted by molar-refractivity contribution is 5.85. The van der Waals surface area contributed by atoms with Crippen LogP contribution in [0.25, 0.3) is 0 Å². The Hall–Kier alpha value is -1.73. The summed E-state index contributed by atoms with van der Waals surface area (Å²) in [6.45, 7) is 4.39. The molecule has 1 aromatic carbocycles.